The summed E-state index contributed by atoms with van der Waals surface area (Å²) in [4.78, 5) is 18.7. The second-order valence-electron chi connectivity index (χ2n) is 6.03. The van der Waals surface area contributed by atoms with Crippen molar-refractivity contribution in [3.05, 3.63) is 35.7 Å². The van der Waals surface area contributed by atoms with Crippen molar-refractivity contribution in [3.8, 4) is 5.88 Å². The summed E-state index contributed by atoms with van der Waals surface area (Å²) in [5.74, 6) is 1.31. The number of ether oxygens (including phenoxy) is 2. The summed E-state index contributed by atoms with van der Waals surface area (Å²) in [7, 11) is 0. The van der Waals surface area contributed by atoms with Gasteiger partial charge >= 0.3 is 0 Å². The molecule has 2 aromatic heterocycles. The summed E-state index contributed by atoms with van der Waals surface area (Å²) in [6.45, 7) is 7.50. The van der Waals surface area contributed by atoms with Gasteiger partial charge in [0.15, 0.2) is 6.10 Å². The second-order valence-corrected chi connectivity index (χ2v) is 6.03. The third-order valence-corrected chi connectivity index (χ3v) is 3.86. The minimum atomic E-state index is -0.426. The molecule has 1 atom stereocenters. The number of carbonyl (C=O) groups is 1. The van der Waals surface area contributed by atoms with Crippen LogP contribution in [-0.2, 0) is 4.74 Å². The molecular weight excluding hydrogens is 324 g/mol. The molecule has 3 rings (SSSR count). The average molecular weight is 346 g/mol. The van der Waals surface area contributed by atoms with Crippen LogP contribution in [0.15, 0.2) is 22.7 Å². The molecule has 3 heterocycles. The largest absolute Gasteiger partial charge is 0.477 e. The first-order valence-electron chi connectivity index (χ1n) is 8.42. The maximum atomic E-state index is 12.9. The van der Waals surface area contributed by atoms with Crippen molar-refractivity contribution in [2.45, 2.75) is 32.8 Å². The smallest absolute Gasteiger partial charge is 0.259 e. The van der Waals surface area contributed by atoms with Gasteiger partial charge in [0.05, 0.1) is 19.8 Å². The molecule has 1 aliphatic rings. The van der Waals surface area contributed by atoms with Gasteiger partial charge in [-0.15, -0.1) is 10.2 Å². The van der Waals surface area contributed by atoms with E-state index in [0.29, 0.717) is 49.5 Å². The van der Waals surface area contributed by atoms with Crippen molar-refractivity contribution in [1.29, 1.82) is 0 Å². The van der Waals surface area contributed by atoms with Crippen molar-refractivity contribution >= 4 is 5.91 Å². The van der Waals surface area contributed by atoms with E-state index in [-0.39, 0.29) is 11.8 Å². The minimum Gasteiger partial charge on any atom is -0.477 e. The highest BCUT2D eigenvalue weighted by molar-refractivity contribution is 5.96. The Balaban J connectivity index is 1.75. The van der Waals surface area contributed by atoms with E-state index in [1.54, 1.807) is 23.2 Å². The third kappa shape index (κ3) is 3.79. The van der Waals surface area contributed by atoms with Gasteiger partial charge in [-0.05, 0) is 19.1 Å². The van der Waals surface area contributed by atoms with E-state index in [1.165, 1.54) is 0 Å². The number of carbonyl (C=O) groups excluding carboxylic acids is 1. The van der Waals surface area contributed by atoms with Crippen LogP contribution in [0.1, 0.15) is 54.9 Å². The predicted molar refractivity (Wildman–Crippen MR) is 88.4 cm³/mol. The lowest BCUT2D eigenvalue weighted by Crippen LogP contribution is -2.42. The second kappa shape index (κ2) is 7.60. The molecule has 1 fully saturated rings. The van der Waals surface area contributed by atoms with Gasteiger partial charge in [-0.25, -0.2) is 4.98 Å². The first-order valence-corrected chi connectivity index (χ1v) is 8.42. The van der Waals surface area contributed by atoms with Gasteiger partial charge in [0.1, 0.15) is 5.56 Å². The lowest BCUT2D eigenvalue weighted by Gasteiger charge is -2.31. The highest BCUT2D eigenvalue weighted by Crippen LogP contribution is 2.25. The lowest BCUT2D eigenvalue weighted by atomic mass is 10.2. The Bertz CT molecular complexity index is 731. The molecule has 8 heteroatoms. The zero-order chi connectivity index (χ0) is 17.8. The number of hydrogen-bond donors (Lipinski definition) is 0. The monoisotopic (exact) mass is 346 g/mol. The van der Waals surface area contributed by atoms with Crippen LogP contribution in [0.3, 0.4) is 0 Å². The summed E-state index contributed by atoms with van der Waals surface area (Å²) in [6, 6.07) is 3.44. The maximum absolute atomic E-state index is 12.9. The lowest BCUT2D eigenvalue weighted by molar-refractivity contribution is -0.0352. The fourth-order valence-corrected chi connectivity index (χ4v) is 2.57. The van der Waals surface area contributed by atoms with Gasteiger partial charge in [-0.2, -0.15) is 0 Å². The van der Waals surface area contributed by atoms with Crippen LogP contribution >= 0.6 is 0 Å². The van der Waals surface area contributed by atoms with Gasteiger partial charge in [0.2, 0.25) is 17.7 Å². The number of hydrogen-bond acceptors (Lipinski definition) is 7. The summed E-state index contributed by atoms with van der Waals surface area (Å²) < 4.78 is 16.8. The van der Waals surface area contributed by atoms with Crippen LogP contribution in [-0.4, -0.2) is 52.3 Å². The fourth-order valence-electron chi connectivity index (χ4n) is 2.57. The summed E-state index contributed by atoms with van der Waals surface area (Å²) in [5.41, 5.74) is 0.443. The average Bonchev–Trinajstić information content (AvgIpc) is 3.13. The maximum Gasteiger partial charge on any atom is 0.259 e. The van der Waals surface area contributed by atoms with Crippen LogP contribution in [0.4, 0.5) is 0 Å². The van der Waals surface area contributed by atoms with Crippen molar-refractivity contribution in [1.82, 2.24) is 20.1 Å². The molecule has 0 saturated carbocycles. The molecule has 1 saturated heterocycles. The van der Waals surface area contributed by atoms with Gasteiger partial charge in [-0.1, -0.05) is 13.8 Å². The molecule has 1 aliphatic heterocycles. The molecule has 134 valence electrons. The summed E-state index contributed by atoms with van der Waals surface area (Å²) >= 11 is 0. The van der Waals surface area contributed by atoms with Crippen molar-refractivity contribution in [2.75, 3.05) is 26.3 Å². The molecule has 8 nitrogen and oxygen atoms in total. The van der Waals surface area contributed by atoms with Crippen LogP contribution in [0.25, 0.3) is 0 Å². The molecule has 0 radical (unpaired) electrons. The number of rotatable bonds is 5. The highest BCUT2D eigenvalue weighted by Gasteiger charge is 2.31. The van der Waals surface area contributed by atoms with E-state index >= 15 is 0 Å². The zero-order valence-electron chi connectivity index (χ0n) is 14.6. The molecule has 0 spiro atoms. The normalized spacial score (nSPS) is 17.8. The number of morpholine rings is 1. The van der Waals surface area contributed by atoms with Crippen LogP contribution in [0, 0.1) is 0 Å². The summed E-state index contributed by atoms with van der Waals surface area (Å²) in [5, 5.41) is 8.09. The molecule has 0 aromatic carbocycles. The SMILES string of the molecule is CCOc1ncccc1C(=O)N1CCO[C@@H](c2nnc(C(C)C)o2)C1. The van der Waals surface area contributed by atoms with E-state index in [2.05, 4.69) is 15.2 Å². The van der Waals surface area contributed by atoms with Gasteiger partial charge in [0, 0.05) is 18.7 Å². The first-order chi connectivity index (χ1) is 12.1. The van der Waals surface area contributed by atoms with E-state index < -0.39 is 6.10 Å². The Hall–Kier alpha value is -2.48. The van der Waals surface area contributed by atoms with E-state index in [0.717, 1.165) is 0 Å². The Kier molecular flexibility index (Phi) is 5.28. The zero-order valence-corrected chi connectivity index (χ0v) is 14.6. The molecule has 0 unspecified atom stereocenters. The first kappa shape index (κ1) is 17.3. The molecule has 0 bridgehead atoms. The van der Waals surface area contributed by atoms with Crippen LogP contribution in [0.2, 0.25) is 0 Å². The predicted octanol–water partition coefficient (Wildman–Crippen LogP) is 2.20. The molecule has 2 aromatic rings. The Morgan fingerprint density at radius 3 is 3.00 bits per heavy atom. The number of amides is 1. The van der Waals surface area contributed by atoms with Crippen molar-refractivity contribution < 1.29 is 18.7 Å². The number of pyridine rings is 1. The number of nitrogens with zero attached hydrogens (tertiary/aromatic N) is 4. The van der Waals surface area contributed by atoms with Gasteiger partial charge in [0.25, 0.3) is 5.91 Å². The van der Waals surface area contributed by atoms with Crippen LogP contribution in [0.5, 0.6) is 5.88 Å². The molecule has 0 aliphatic carbocycles. The van der Waals surface area contributed by atoms with Gasteiger partial charge in [-0.3, -0.25) is 4.79 Å². The van der Waals surface area contributed by atoms with Crippen LogP contribution < -0.4 is 4.74 Å². The Morgan fingerprint density at radius 1 is 1.44 bits per heavy atom. The fraction of sp³-hybridized carbons (Fsp3) is 0.529. The van der Waals surface area contributed by atoms with Crippen molar-refractivity contribution in [3.63, 3.8) is 0 Å². The topological polar surface area (TPSA) is 90.6 Å². The minimum absolute atomic E-state index is 0.145. The molecular formula is C17H22N4O4. The quantitative estimate of drug-likeness (QED) is 0.819. The number of aromatic nitrogens is 3. The Morgan fingerprint density at radius 2 is 2.28 bits per heavy atom. The molecule has 1 amide bonds. The van der Waals surface area contributed by atoms with E-state index in [9.17, 15) is 4.79 Å². The third-order valence-electron chi connectivity index (χ3n) is 3.86. The standard InChI is InChI=1S/C17H22N4O4/c1-4-23-15-12(6-5-7-18-15)17(22)21-8-9-24-13(10-21)16-20-19-14(25-16)11(2)3/h5-7,11,13H,4,8-10H2,1-3H3/t13-/m1/s1. The highest BCUT2D eigenvalue weighted by atomic mass is 16.5. The van der Waals surface area contributed by atoms with Gasteiger partial charge < -0.3 is 18.8 Å². The molecule has 0 N–H and O–H groups in total. The van der Waals surface area contributed by atoms with E-state index in [4.69, 9.17) is 13.9 Å². The Labute approximate surface area is 146 Å². The summed E-state index contributed by atoms with van der Waals surface area (Å²) in [6.07, 6.45) is 1.18. The molecule has 25 heavy (non-hydrogen) atoms. The van der Waals surface area contributed by atoms with E-state index in [1.807, 2.05) is 20.8 Å². The van der Waals surface area contributed by atoms with Crippen molar-refractivity contribution in [2.24, 2.45) is 0 Å².